The van der Waals surface area contributed by atoms with Crippen LogP contribution in [0.2, 0.25) is 0 Å². The van der Waals surface area contributed by atoms with Crippen LogP contribution < -0.4 is 0 Å². The van der Waals surface area contributed by atoms with Gasteiger partial charge in [-0.15, -0.1) is 0 Å². The molecule has 7 rings (SSSR count). The van der Waals surface area contributed by atoms with Gasteiger partial charge in [0.25, 0.3) is 0 Å². The van der Waals surface area contributed by atoms with Crippen molar-refractivity contribution in [2.24, 2.45) is 63.6 Å². The van der Waals surface area contributed by atoms with E-state index in [1.807, 2.05) is 6.07 Å². The molecule has 0 radical (unpaired) electrons. The van der Waals surface area contributed by atoms with E-state index in [2.05, 4.69) is 59.4 Å². The number of hydrogen-bond donors (Lipinski definition) is 2. The van der Waals surface area contributed by atoms with Crippen LogP contribution in [0, 0.1) is 75.4 Å². The van der Waals surface area contributed by atoms with Gasteiger partial charge in [-0.3, -0.25) is 4.79 Å². The zero-order chi connectivity index (χ0) is 36.3. The van der Waals surface area contributed by atoms with Gasteiger partial charge in [0.15, 0.2) is 0 Å². The van der Waals surface area contributed by atoms with Crippen molar-refractivity contribution >= 4 is 5.97 Å². The predicted octanol–water partition coefficient (Wildman–Crippen LogP) is 11.0. The van der Waals surface area contributed by atoms with Crippen molar-refractivity contribution in [1.29, 1.82) is 0 Å². The zero-order valence-corrected chi connectivity index (χ0v) is 33.2. The molecule has 0 aliphatic heterocycles. The summed E-state index contributed by atoms with van der Waals surface area (Å²) in [5, 5.41) is 22.7. The number of aromatic hydroxyl groups is 1. The van der Waals surface area contributed by atoms with E-state index in [4.69, 9.17) is 4.74 Å². The van der Waals surface area contributed by atoms with E-state index in [1.54, 1.807) is 6.92 Å². The molecule has 4 heteroatoms. The second-order valence-electron chi connectivity index (χ2n) is 20.0. The summed E-state index contributed by atoms with van der Waals surface area (Å²) in [5.41, 5.74) is 3.91. The minimum atomic E-state index is -0.251. The Labute approximate surface area is 310 Å². The van der Waals surface area contributed by atoms with Gasteiger partial charge in [0.1, 0.15) is 11.9 Å². The maximum Gasteiger partial charge on any atom is 0.302 e. The van der Waals surface area contributed by atoms with E-state index in [-0.39, 0.29) is 29.0 Å². The number of benzene rings is 1. The monoisotopic (exact) mass is 699 g/mol. The number of aliphatic hydroxyl groups is 1. The molecule has 5 saturated carbocycles. The van der Waals surface area contributed by atoms with Crippen LogP contribution in [-0.4, -0.2) is 28.4 Å². The summed E-state index contributed by atoms with van der Waals surface area (Å²) in [6, 6.07) is 4.24. The number of aryl methyl sites for hydroxylation is 1. The molecule has 1 aromatic carbocycles. The lowest BCUT2D eigenvalue weighted by Gasteiger charge is -2.58. The number of carbonyl (C=O) groups excluding carboxylic acids is 1. The lowest BCUT2D eigenvalue weighted by molar-refractivity contribution is -0.154. The van der Waals surface area contributed by atoms with Crippen molar-refractivity contribution in [3.8, 4) is 17.6 Å². The molecule has 2 N–H and O–H groups in total. The molecule has 0 saturated heterocycles. The Morgan fingerprint density at radius 3 is 2.39 bits per heavy atom. The molecule has 5 fully saturated rings. The van der Waals surface area contributed by atoms with Crippen molar-refractivity contribution in [1.82, 2.24) is 0 Å². The number of esters is 1. The first-order chi connectivity index (χ1) is 24.3. The summed E-state index contributed by atoms with van der Waals surface area (Å²) in [6.07, 6.45) is 19.5. The molecule has 1 aromatic rings. The Morgan fingerprint density at radius 1 is 0.882 bits per heavy atom. The maximum atomic E-state index is 11.9. The van der Waals surface area contributed by atoms with Crippen LogP contribution in [0.15, 0.2) is 12.1 Å². The van der Waals surface area contributed by atoms with Gasteiger partial charge in [0.2, 0.25) is 0 Å². The first-order valence-corrected chi connectivity index (χ1v) is 21.5. The van der Waals surface area contributed by atoms with E-state index >= 15 is 0 Å². The summed E-state index contributed by atoms with van der Waals surface area (Å²) >= 11 is 0. The summed E-state index contributed by atoms with van der Waals surface area (Å²) < 4.78 is 5.86. The van der Waals surface area contributed by atoms with E-state index in [1.165, 1.54) is 62.5 Å². The molecule has 0 bridgehead atoms. The minimum absolute atomic E-state index is 0.0460. The first kappa shape index (κ1) is 37.3. The first-order valence-electron chi connectivity index (χ1n) is 21.5. The second kappa shape index (κ2) is 14.3. The second-order valence-corrected chi connectivity index (χ2v) is 20.0. The van der Waals surface area contributed by atoms with E-state index in [0.717, 1.165) is 92.9 Å². The van der Waals surface area contributed by atoms with Gasteiger partial charge in [-0.25, -0.2) is 0 Å². The number of ether oxygens (including phenoxy) is 1. The molecule has 13 atom stereocenters. The Hall–Kier alpha value is -1.99. The number of phenols is 1. The summed E-state index contributed by atoms with van der Waals surface area (Å²) in [4.78, 5) is 11.9. The molecule has 4 nitrogen and oxygen atoms in total. The van der Waals surface area contributed by atoms with Gasteiger partial charge in [-0.2, -0.15) is 0 Å². The number of hydrogen-bond acceptors (Lipinski definition) is 4. The molecular formula is C47H70O4. The average Bonchev–Trinajstić information content (AvgIpc) is 3.60. The molecule has 282 valence electrons. The van der Waals surface area contributed by atoms with Gasteiger partial charge in [0, 0.05) is 18.8 Å². The van der Waals surface area contributed by atoms with Gasteiger partial charge in [-0.1, -0.05) is 72.6 Å². The van der Waals surface area contributed by atoms with Crippen molar-refractivity contribution in [2.45, 2.75) is 176 Å². The lowest BCUT2D eigenvalue weighted by Crippen LogP contribution is -2.54. The molecule has 0 aromatic heterocycles. The molecule has 51 heavy (non-hydrogen) atoms. The number of aliphatic hydroxyl groups excluding tert-OH is 1. The molecule has 6 aliphatic rings. The molecule has 6 aliphatic carbocycles. The Kier molecular flexibility index (Phi) is 10.5. The minimum Gasteiger partial charge on any atom is -0.507 e. The third kappa shape index (κ3) is 6.61. The van der Waals surface area contributed by atoms with Crippen molar-refractivity contribution in [2.75, 3.05) is 0 Å². The van der Waals surface area contributed by atoms with Gasteiger partial charge in [0.05, 0.1) is 11.7 Å². The van der Waals surface area contributed by atoms with Gasteiger partial charge < -0.3 is 14.9 Å². The average molecular weight is 699 g/mol. The highest BCUT2D eigenvalue weighted by Gasteiger charge is 2.60. The summed E-state index contributed by atoms with van der Waals surface area (Å²) in [5.74, 6) is 13.4. The molecule has 0 spiro atoms. The van der Waals surface area contributed by atoms with E-state index < -0.39 is 0 Å². The Balaban J connectivity index is 1.02. The highest BCUT2D eigenvalue weighted by molar-refractivity contribution is 5.66. The molecule has 7 unspecified atom stereocenters. The van der Waals surface area contributed by atoms with Gasteiger partial charge in [-0.05, 0) is 171 Å². The number of phenolic OH excluding ortho intramolecular Hbond substituents is 1. The number of carbonyl (C=O) groups is 1. The van der Waals surface area contributed by atoms with Crippen molar-refractivity contribution in [3.63, 3.8) is 0 Å². The van der Waals surface area contributed by atoms with Crippen LogP contribution in [0.3, 0.4) is 0 Å². The molecular weight excluding hydrogens is 629 g/mol. The van der Waals surface area contributed by atoms with Crippen molar-refractivity contribution in [3.05, 3.63) is 28.8 Å². The van der Waals surface area contributed by atoms with Gasteiger partial charge >= 0.3 is 5.97 Å². The topological polar surface area (TPSA) is 66.8 Å². The normalized spacial score (nSPS) is 41.7. The predicted molar refractivity (Wildman–Crippen MR) is 206 cm³/mol. The smallest absolute Gasteiger partial charge is 0.302 e. The van der Waals surface area contributed by atoms with Crippen LogP contribution in [0.5, 0.6) is 5.75 Å². The lowest BCUT2D eigenvalue weighted by atomic mass is 9.47. The maximum absolute atomic E-state index is 11.9. The Bertz CT molecular complexity index is 1500. The third-order valence-corrected chi connectivity index (χ3v) is 17.1. The Morgan fingerprint density at radius 2 is 1.63 bits per heavy atom. The quantitative estimate of drug-likeness (QED) is 0.209. The summed E-state index contributed by atoms with van der Waals surface area (Å²) in [6.45, 7) is 16.2. The van der Waals surface area contributed by atoms with Crippen LogP contribution in [0.4, 0.5) is 0 Å². The van der Waals surface area contributed by atoms with Crippen LogP contribution in [0.25, 0.3) is 0 Å². The third-order valence-electron chi connectivity index (χ3n) is 17.1. The standard InChI is InChI=1S/C47H70O4/c1-29(2)11-10-12-30(3)38-17-18-40-36-16-20-43(50)46(6,41(36)23-26-45(38,40)5)24-9-8-13-33-27-37-32(28-42(33)49)14-15-35-34(37)22-25-47(7)39(35)19-21-44(47)51-31(4)48/h27-30,34-36,38-41,43-44,49-50H,9-12,14-26H2,1-7H3/t30-,34?,35?,36?,38?,39?,40?,41?,43+,44+,45-,46-,47+/m1/s1. The van der Waals surface area contributed by atoms with Crippen LogP contribution >= 0.6 is 0 Å². The summed E-state index contributed by atoms with van der Waals surface area (Å²) in [7, 11) is 0. The molecule has 0 heterocycles. The fourth-order valence-corrected chi connectivity index (χ4v) is 14.4. The fraction of sp³-hybridized carbons (Fsp3) is 0.809. The van der Waals surface area contributed by atoms with Crippen LogP contribution in [0.1, 0.15) is 174 Å². The van der Waals surface area contributed by atoms with E-state index in [9.17, 15) is 15.0 Å². The number of rotatable bonds is 8. The SMILES string of the molecule is CC(=O)O[C@H]1CCC2C3CCc4cc(O)c(C#CCC[C@]5(C)C6CC[C@@]7(C)C(CCC7[C@H](C)CCCC(C)C)C6CC[C@@H]5O)cc4C3CC[C@@]21C. The largest absolute Gasteiger partial charge is 0.507 e. The number of fused-ring (bicyclic) bond motifs is 8. The fourth-order valence-electron chi connectivity index (χ4n) is 14.4. The van der Waals surface area contributed by atoms with E-state index in [0.29, 0.717) is 34.8 Å². The van der Waals surface area contributed by atoms with Crippen molar-refractivity contribution < 1.29 is 19.7 Å². The van der Waals surface area contributed by atoms with Crippen LogP contribution in [-0.2, 0) is 16.0 Å². The zero-order valence-electron chi connectivity index (χ0n) is 33.2. The highest BCUT2D eigenvalue weighted by Crippen LogP contribution is 2.67. The highest BCUT2D eigenvalue weighted by atomic mass is 16.5. The molecule has 0 amide bonds.